The maximum atomic E-state index is 5.39. The molecule has 3 heterocycles. The molecule has 4 nitrogen and oxygen atoms in total. The first-order valence-electron chi connectivity index (χ1n) is 6.06. The second-order valence-corrected chi connectivity index (χ2v) is 6.07. The second kappa shape index (κ2) is 5.77. The zero-order valence-corrected chi connectivity index (χ0v) is 11.6. The van der Waals surface area contributed by atoms with Crippen LogP contribution in [0.25, 0.3) is 0 Å². The number of rotatable bonds is 4. The van der Waals surface area contributed by atoms with Crippen LogP contribution in [-0.4, -0.2) is 23.2 Å². The van der Waals surface area contributed by atoms with E-state index >= 15 is 0 Å². The lowest BCUT2D eigenvalue weighted by atomic mass is 9.99. The van der Waals surface area contributed by atoms with Gasteiger partial charge in [0.25, 0.3) is 0 Å². The molecule has 1 fully saturated rings. The molecule has 0 aliphatic carbocycles. The zero-order valence-electron chi connectivity index (χ0n) is 9.96. The Balaban J connectivity index is 1.59. The molecule has 0 amide bonds. The average molecular weight is 281 g/mol. The molecule has 3 rings (SSSR count). The molecule has 1 saturated heterocycles. The van der Waals surface area contributed by atoms with E-state index in [4.69, 9.17) is 4.74 Å². The quantitative estimate of drug-likeness (QED) is 0.935. The van der Waals surface area contributed by atoms with Crippen LogP contribution in [0.4, 0.5) is 5.13 Å². The Morgan fingerprint density at radius 1 is 1.33 bits per heavy atom. The van der Waals surface area contributed by atoms with E-state index in [1.807, 2.05) is 11.7 Å². The summed E-state index contributed by atoms with van der Waals surface area (Å²) in [4.78, 5) is 10.1. The van der Waals surface area contributed by atoms with E-state index < -0.39 is 0 Å². The number of hydrogen-bond acceptors (Lipinski definition) is 6. The summed E-state index contributed by atoms with van der Waals surface area (Å²) in [6, 6.07) is 0. The average Bonchev–Trinajstić information content (AvgIpc) is 3.09. The second-order valence-electron chi connectivity index (χ2n) is 4.29. The van der Waals surface area contributed by atoms with Crippen LogP contribution < -0.4 is 5.32 Å². The fourth-order valence-corrected chi connectivity index (χ4v) is 3.57. The summed E-state index contributed by atoms with van der Waals surface area (Å²) in [5.74, 6) is 0.631. The third kappa shape index (κ3) is 2.88. The van der Waals surface area contributed by atoms with Crippen molar-refractivity contribution < 1.29 is 4.74 Å². The van der Waals surface area contributed by atoms with Crippen LogP contribution in [0.1, 0.15) is 29.3 Å². The van der Waals surface area contributed by atoms with E-state index in [2.05, 4.69) is 20.7 Å². The van der Waals surface area contributed by atoms with Crippen molar-refractivity contribution in [3.8, 4) is 0 Å². The van der Waals surface area contributed by atoms with Gasteiger partial charge in [0, 0.05) is 29.7 Å². The highest BCUT2D eigenvalue weighted by Gasteiger charge is 2.18. The molecule has 0 unspecified atom stereocenters. The number of aromatic nitrogens is 2. The van der Waals surface area contributed by atoms with Gasteiger partial charge in [-0.1, -0.05) is 0 Å². The van der Waals surface area contributed by atoms with Crippen LogP contribution in [-0.2, 0) is 11.3 Å². The van der Waals surface area contributed by atoms with Crippen molar-refractivity contribution >= 4 is 27.8 Å². The minimum atomic E-state index is 0.631. The molecule has 2 aromatic rings. The summed E-state index contributed by atoms with van der Waals surface area (Å²) in [6.45, 7) is 2.51. The van der Waals surface area contributed by atoms with Crippen molar-refractivity contribution in [3.05, 3.63) is 27.7 Å². The van der Waals surface area contributed by atoms with E-state index in [1.165, 1.54) is 4.88 Å². The topological polar surface area (TPSA) is 47.0 Å². The highest BCUT2D eigenvalue weighted by molar-refractivity contribution is 7.15. The molecule has 0 bridgehead atoms. The first-order chi connectivity index (χ1) is 8.92. The molecule has 0 spiro atoms. The molecule has 1 aliphatic heterocycles. The zero-order chi connectivity index (χ0) is 12.2. The van der Waals surface area contributed by atoms with Crippen LogP contribution in [0.2, 0.25) is 0 Å². The standard InChI is InChI=1S/C12H15N3OS2/c1-3-16-4-2-9(1)11-6-14-12(18-11)13-5-10-7-17-8-15-10/h6-9H,1-5H2,(H,13,14). The Morgan fingerprint density at radius 2 is 2.22 bits per heavy atom. The van der Waals surface area contributed by atoms with Crippen molar-refractivity contribution in [2.75, 3.05) is 18.5 Å². The Morgan fingerprint density at radius 3 is 3.00 bits per heavy atom. The number of nitrogens with one attached hydrogen (secondary N) is 1. The summed E-state index contributed by atoms with van der Waals surface area (Å²) in [7, 11) is 0. The van der Waals surface area contributed by atoms with Crippen LogP contribution in [0.5, 0.6) is 0 Å². The lowest BCUT2D eigenvalue weighted by Crippen LogP contribution is -2.12. The van der Waals surface area contributed by atoms with Crippen molar-refractivity contribution in [2.45, 2.75) is 25.3 Å². The first kappa shape index (κ1) is 12.1. The smallest absolute Gasteiger partial charge is 0.183 e. The molecule has 0 aromatic carbocycles. The number of thiazole rings is 2. The van der Waals surface area contributed by atoms with Gasteiger partial charge in [-0.05, 0) is 18.8 Å². The first-order valence-corrected chi connectivity index (χ1v) is 7.82. The number of hydrogen-bond donors (Lipinski definition) is 1. The molecule has 1 N–H and O–H groups in total. The van der Waals surface area contributed by atoms with Crippen LogP contribution in [0.15, 0.2) is 17.1 Å². The Labute approximate surface area is 114 Å². The van der Waals surface area contributed by atoms with Crippen LogP contribution in [0, 0.1) is 0 Å². The molecule has 0 radical (unpaired) electrons. The molecule has 18 heavy (non-hydrogen) atoms. The van der Waals surface area contributed by atoms with Crippen molar-refractivity contribution in [3.63, 3.8) is 0 Å². The third-order valence-electron chi connectivity index (χ3n) is 3.05. The van der Waals surface area contributed by atoms with Gasteiger partial charge in [-0.25, -0.2) is 9.97 Å². The van der Waals surface area contributed by atoms with Gasteiger partial charge in [0.05, 0.1) is 17.7 Å². The minimum absolute atomic E-state index is 0.631. The van der Waals surface area contributed by atoms with Gasteiger partial charge in [0.2, 0.25) is 0 Å². The van der Waals surface area contributed by atoms with E-state index in [-0.39, 0.29) is 0 Å². The highest BCUT2D eigenvalue weighted by atomic mass is 32.1. The summed E-state index contributed by atoms with van der Waals surface area (Å²) < 4.78 is 5.39. The Hall–Kier alpha value is -0.980. The van der Waals surface area contributed by atoms with Crippen molar-refractivity contribution in [2.24, 2.45) is 0 Å². The third-order valence-corrected chi connectivity index (χ3v) is 4.80. The molecule has 6 heteroatoms. The molecule has 1 aliphatic rings. The lowest BCUT2D eigenvalue weighted by molar-refractivity contribution is 0.0860. The van der Waals surface area contributed by atoms with Crippen LogP contribution in [0.3, 0.4) is 0 Å². The van der Waals surface area contributed by atoms with Crippen LogP contribution >= 0.6 is 22.7 Å². The molecule has 0 saturated carbocycles. The van der Waals surface area contributed by atoms with Gasteiger partial charge in [-0.3, -0.25) is 0 Å². The van der Waals surface area contributed by atoms with Gasteiger partial charge >= 0.3 is 0 Å². The van der Waals surface area contributed by atoms with E-state index in [0.717, 1.165) is 43.4 Å². The maximum Gasteiger partial charge on any atom is 0.183 e. The fraction of sp³-hybridized carbons (Fsp3) is 0.500. The van der Waals surface area contributed by atoms with Gasteiger partial charge in [0.15, 0.2) is 5.13 Å². The lowest BCUT2D eigenvalue weighted by Gasteiger charge is -2.20. The Kier molecular flexibility index (Phi) is 3.87. The van der Waals surface area contributed by atoms with Gasteiger partial charge in [-0.15, -0.1) is 22.7 Å². The fourth-order valence-electron chi connectivity index (χ4n) is 2.03. The number of ether oxygens (including phenoxy) is 1. The van der Waals surface area contributed by atoms with E-state index in [1.54, 1.807) is 22.7 Å². The number of anilines is 1. The maximum absolute atomic E-state index is 5.39. The predicted octanol–water partition coefficient (Wildman–Crippen LogP) is 3.11. The molecule has 2 aromatic heterocycles. The molecular formula is C12H15N3OS2. The normalized spacial score (nSPS) is 16.9. The summed E-state index contributed by atoms with van der Waals surface area (Å²) in [6.07, 6.45) is 4.24. The predicted molar refractivity (Wildman–Crippen MR) is 74.3 cm³/mol. The van der Waals surface area contributed by atoms with Crippen molar-refractivity contribution in [1.29, 1.82) is 0 Å². The van der Waals surface area contributed by atoms with Gasteiger partial charge in [-0.2, -0.15) is 0 Å². The molecule has 0 atom stereocenters. The van der Waals surface area contributed by atoms with Crippen molar-refractivity contribution in [1.82, 2.24) is 9.97 Å². The summed E-state index contributed by atoms with van der Waals surface area (Å²) in [5, 5.41) is 6.37. The van der Waals surface area contributed by atoms with E-state index in [0.29, 0.717) is 5.92 Å². The molecule has 96 valence electrons. The summed E-state index contributed by atoms with van der Waals surface area (Å²) in [5.41, 5.74) is 2.93. The largest absolute Gasteiger partial charge is 0.381 e. The monoisotopic (exact) mass is 281 g/mol. The SMILES string of the molecule is c1nc(CNc2ncc(C3CCOCC3)s2)cs1. The minimum Gasteiger partial charge on any atom is -0.381 e. The van der Waals surface area contributed by atoms with Gasteiger partial charge in [0.1, 0.15) is 0 Å². The summed E-state index contributed by atoms with van der Waals surface area (Å²) >= 11 is 3.38. The number of nitrogens with zero attached hydrogens (tertiary/aromatic N) is 2. The Bertz CT molecular complexity index is 477. The van der Waals surface area contributed by atoms with Gasteiger partial charge < -0.3 is 10.1 Å². The molecular weight excluding hydrogens is 266 g/mol. The highest BCUT2D eigenvalue weighted by Crippen LogP contribution is 2.32. The van der Waals surface area contributed by atoms with E-state index in [9.17, 15) is 0 Å².